The summed E-state index contributed by atoms with van der Waals surface area (Å²) < 4.78 is 5.26. The van der Waals surface area contributed by atoms with Crippen LogP contribution in [0.2, 0.25) is 0 Å². The lowest BCUT2D eigenvalue weighted by molar-refractivity contribution is 0.416. The van der Waals surface area contributed by atoms with Crippen molar-refractivity contribution in [2.45, 2.75) is 24.9 Å². The van der Waals surface area contributed by atoms with Gasteiger partial charge in [0, 0.05) is 36.9 Å². The number of hydrogen-bond donors (Lipinski definition) is 3. The lowest BCUT2D eigenvalue weighted by Gasteiger charge is -2.31. The first-order valence-corrected chi connectivity index (χ1v) is 6.33. The molecule has 0 aliphatic carbocycles. The van der Waals surface area contributed by atoms with Gasteiger partial charge in [0.15, 0.2) is 0 Å². The van der Waals surface area contributed by atoms with Crippen LogP contribution in [0.3, 0.4) is 0 Å². The van der Waals surface area contributed by atoms with Crippen molar-refractivity contribution in [2.24, 2.45) is 11.5 Å². The Balaban J connectivity index is 2.24. The summed E-state index contributed by atoms with van der Waals surface area (Å²) in [6.45, 7) is 1.51. The summed E-state index contributed by atoms with van der Waals surface area (Å²) in [4.78, 5) is 2.31. The molecule has 2 unspecified atom stereocenters. The van der Waals surface area contributed by atoms with Gasteiger partial charge in [-0.3, -0.25) is 0 Å². The van der Waals surface area contributed by atoms with E-state index in [4.69, 9.17) is 21.9 Å². The number of methoxy groups -OCH3 is 1. The van der Waals surface area contributed by atoms with Crippen LogP contribution >= 0.6 is 0 Å². The molecule has 0 radical (unpaired) electrons. The van der Waals surface area contributed by atoms with Crippen molar-refractivity contribution in [1.82, 2.24) is 0 Å². The molecule has 2 rings (SSSR count). The van der Waals surface area contributed by atoms with E-state index in [0.717, 1.165) is 25.1 Å². The van der Waals surface area contributed by atoms with Gasteiger partial charge in [0.05, 0.1) is 12.8 Å². The van der Waals surface area contributed by atoms with Crippen molar-refractivity contribution in [3.63, 3.8) is 0 Å². The second kappa shape index (κ2) is 5.46. The Morgan fingerprint density at radius 1 is 1.50 bits per heavy atom. The van der Waals surface area contributed by atoms with Crippen molar-refractivity contribution in [3.05, 3.63) is 18.2 Å². The molecule has 0 aromatic heterocycles. The third kappa shape index (κ3) is 2.37. The van der Waals surface area contributed by atoms with E-state index in [1.807, 2.05) is 18.2 Å². The summed E-state index contributed by atoms with van der Waals surface area (Å²) in [6, 6.07) is 6.17. The minimum absolute atomic E-state index is 0.0102. The number of anilines is 2. The average Bonchev–Trinajstić information content (AvgIpc) is 2.87. The fraction of sp³-hybridized carbons (Fsp3) is 0.538. The Morgan fingerprint density at radius 2 is 2.28 bits per heavy atom. The monoisotopic (exact) mass is 250 g/mol. The smallest absolute Gasteiger partial charge is 0.143 e. The molecule has 0 amide bonds. The van der Waals surface area contributed by atoms with Crippen molar-refractivity contribution in [2.75, 3.05) is 30.8 Å². The SMILES string of the molecule is COc1cc(N2CCCC2C(N)CN)ccc1N. The van der Waals surface area contributed by atoms with Crippen LogP contribution in [0.25, 0.3) is 0 Å². The normalized spacial score (nSPS) is 21.1. The molecule has 6 N–H and O–H groups in total. The zero-order valence-electron chi connectivity index (χ0n) is 10.8. The van der Waals surface area contributed by atoms with Crippen molar-refractivity contribution in [3.8, 4) is 5.75 Å². The zero-order chi connectivity index (χ0) is 13.1. The summed E-state index contributed by atoms with van der Waals surface area (Å²) in [5.74, 6) is 0.708. The number of nitrogens with zero attached hydrogens (tertiary/aromatic N) is 1. The lowest BCUT2D eigenvalue weighted by Crippen LogP contribution is -2.48. The van der Waals surface area contributed by atoms with Gasteiger partial charge >= 0.3 is 0 Å². The first-order chi connectivity index (χ1) is 8.67. The van der Waals surface area contributed by atoms with Crippen molar-refractivity contribution >= 4 is 11.4 Å². The quantitative estimate of drug-likeness (QED) is 0.678. The molecule has 5 nitrogen and oxygen atoms in total. The first-order valence-electron chi connectivity index (χ1n) is 6.33. The van der Waals surface area contributed by atoms with Crippen LogP contribution in [-0.2, 0) is 0 Å². The molecule has 2 atom stereocenters. The van der Waals surface area contributed by atoms with Crippen LogP contribution in [0.4, 0.5) is 11.4 Å². The van der Waals surface area contributed by atoms with E-state index < -0.39 is 0 Å². The minimum Gasteiger partial charge on any atom is -0.495 e. The molecule has 1 aliphatic rings. The van der Waals surface area contributed by atoms with Gasteiger partial charge in [-0.25, -0.2) is 0 Å². The van der Waals surface area contributed by atoms with E-state index in [1.54, 1.807) is 7.11 Å². The van der Waals surface area contributed by atoms with Crippen molar-refractivity contribution < 1.29 is 4.74 Å². The second-order valence-electron chi connectivity index (χ2n) is 4.73. The summed E-state index contributed by atoms with van der Waals surface area (Å²) in [5, 5.41) is 0. The fourth-order valence-corrected chi connectivity index (χ4v) is 2.59. The molecule has 18 heavy (non-hydrogen) atoms. The van der Waals surface area contributed by atoms with E-state index in [-0.39, 0.29) is 6.04 Å². The summed E-state index contributed by atoms with van der Waals surface area (Å²) in [6.07, 6.45) is 2.23. The lowest BCUT2D eigenvalue weighted by atomic mass is 10.1. The van der Waals surface area contributed by atoms with Crippen LogP contribution in [0.5, 0.6) is 5.75 Å². The molecule has 1 aromatic carbocycles. The van der Waals surface area contributed by atoms with Gasteiger partial charge in [0.25, 0.3) is 0 Å². The molecule has 0 bridgehead atoms. The summed E-state index contributed by atoms with van der Waals surface area (Å²) >= 11 is 0. The number of benzene rings is 1. The predicted molar refractivity (Wildman–Crippen MR) is 74.8 cm³/mol. The fourth-order valence-electron chi connectivity index (χ4n) is 2.59. The number of nitrogens with two attached hydrogens (primary N) is 3. The molecule has 0 spiro atoms. The van der Waals surface area contributed by atoms with Gasteiger partial charge in [-0.2, -0.15) is 0 Å². The summed E-state index contributed by atoms with van der Waals surface area (Å²) in [5.41, 5.74) is 19.3. The van der Waals surface area contributed by atoms with Crippen LogP contribution < -0.4 is 26.8 Å². The van der Waals surface area contributed by atoms with Gasteiger partial charge in [-0.15, -0.1) is 0 Å². The van der Waals surface area contributed by atoms with E-state index >= 15 is 0 Å². The number of nitrogen functional groups attached to an aromatic ring is 1. The Kier molecular flexibility index (Phi) is 3.93. The Morgan fingerprint density at radius 3 is 2.94 bits per heavy atom. The topological polar surface area (TPSA) is 90.5 Å². The maximum Gasteiger partial charge on any atom is 0.143 e. The van der Waals surface area contributed by atoms with E-state index in [1.165, 1.54) is 0 Å². The molecule has 1 saturated heterocycles. The Hall–Kier alpha value is -1.46. The minimum atomic E-state index is 0.0102. The van der Waals surface area contributed by atoms with E-state index in [0.29, 0.717) is 24.0 Å². The number of ether oxygens (including phenoxy) is 1. The number of hydrogen-bond acceptors (Lipinski definition) is 5. The highest BCUT2D eigenvalue weighted by molar-refractivity contribution is 5.63. The van der Waals surface area contributed by atoms with E-state index in [2.05, 4.69) is 4.90 Å². The summed E-state index contributed by atoms with van der Waals surface area (Å²) in [7, 11) is 1.63. The van der Waals surface area contributed by atoms with Gasteiger partial charge in [-0.1, -0.05) is 0 Å². The Bertz CT molecular complexity index is 410. The highest BCUT2D eigenvalue weighted by Crippen LogP contribution is 2.32. The van der Waals surface area contributed by atoms with Crippen LogP contribution in [0.1, 0.15) is 12.8 Å². The van der Waals surface area contributed by atoms with Crippen LogP contribution in [-0.4, -0.2) is 32.3 Å². The van der Waals surface area contributed by atoms with Gasteiger partial charge in [0.1, 0.15) is 5.75 Å². The third-order valence-corrected chi connectivity index (χ3v) is 3.61. The van der Waals surface area contributed by atoms with Gasteiger partial charge in [-0.05, 0) is 25.0 Å². The zero-order valence-corrected chi connectivity index (χ0v) is 10.8. The molecule has 0 saturated carbocycles. The molecule has 1 aliphatic heterocycles. The maximum atomic E-state index is 6.08. The predicted octanol–water partition coefficient (Wildman–Crippen LogP) is 0.532. The first kappa shape index (κ1) is 13.0. The third-order valence-electron chi connectivity index (χ3n) is 3.61. The highest BCUT2D eigenvalue weighted by atomic mass is 16.5. The highest BCUT2D eigenvalue weighted by Gasteiger charge is 2.29. The molecular formula is C13H22N4O. The standard InChI is InChI=1S/C13H22N4O/c1-18-13-7-9(4-5-10(13)15)17-6-2-3-12(17)11(16)8-14/h4-5,7,11-12H,2-3,6,8,14-16H2,1H3. The molecule has 100 valence electrons. The number of rotatable bonds is 4. The molecule has 1 heterocycles. The average molecular weight is 250 g/mol. The maximum absolute atomic E-state index is 6.08. The molecule has 1 aromatic rings. The van der Waals surface area contributed by atoms with Gasteiger partial charge in [0.2, 0.25) is 0 Å². The van der Waals surface area contributed by atoms with Gasteiger partial charge < -0.3 is 26.8 Å². The van der Waals surface area contributed by atoms with Crippen LogP contribution in [0.15, 0.2) is 18.2 Å². The molecule has 5 heteroatoms. The van der Waals surface area contributed by atoms with Crippen LogP contribution in [0, 0.1) is 0 Å². The largest absolute Gasteiger partial charge is 0.495 e. The molecular weight excluding hydrogens is 228 g/mol. The van der Waals surface area contributed by atoms with E-state index in [9.17, 15) is 0 Å². The molecule has 1 fully saturated rings. The van der Waals surface area contributed by atoms with Crippen molar-refractivity contribution in [1.29, 1.82) is 0 Å². The second-order valence-corrected chi connectivity index (χ2v) is 4.73. The Labute approximate surface area is 108 Å².